The Morgan fingerprint density at radius 1 is 1.29 bits per heavy atom. The van der Waals surface area contributed by atoms with Crippen molar-refractivity contribution in [2.24, 2.45) is 7.05 Å². The van der Waals surface area contributed by atoms with Crippen LogP contribution in [-0.2, 0) is 16.6 Å². The van der Waals surface area contributed by atoms with E-state index in [2.05, 4.69) is 15.7 Å². The number of rotatable bonds is 4. The fourth-order valence-corrected chi connectivity index (χ4v) is 2.66. The Labute approximate surface area is 140 Å². The number of anilines is 2. The quantitative estimate of drug-likeness (QED) is 0.900. The van der Waals surface area contributed by atoms with E-state index >= 15 is 0 Å². The van der Waals surface area contributed by atoms with E-state index in [4.69, 9.17) is 4.74 Å². The molecule has 1 aromatic heterocycles. The molecule has 2 N–H and O–H groups in total. The number of aromatic nitrogens is 2. The summed E-state index contributed by atoms with van der Waals surface area (Å²) in [6, 6.07) is 8.61. The maximum Gasteiger partial charge on any atom is 0.256 e. The second-order valence-corrected chi connectivity index (χ2v) is 5.82. The Morgan fingerprint density at radius 3 is 2.79 bits per heavy atom. The molecule has 0 bridgehead atoms. The molecule has 0 spiro atoms. The van der Waals surface area contributed by atoms with E-state index in [0.717, 1.165) is 18.5 Å². The number of amides is 2. The topological polar surface area (TPSA) is 85.3 Å². The van der Waals surface area contributed by atoms with E-state index in [9.17, 15) is 9.59 Å². The summed E-state index contributed by atoms with van der Waals surface area (Å²) in [5.41, 5.74) is 1.86. The highest BCUT2D eigenvalue weighted by atomic mass is 16.5. The molecular formula is C17H20N4O3. The van der Waals surface area contributed by atoms with Crippen molar-refractivity contribution < 1.29 is 14.3 Å². The van der Waals surface area contributed by atoms with Crippen molar-refractivity contribution in [1.29, 1.82) is 0 Å². The van der Waals surface area contributed by atoms with Crippen LogP contribution in [0.4, 0.5) is 11.5 Å². The number of carbonyl (C=O) groups is 2. The lowest BCUT2D eigenvalue weighted by Gasteiger charge is -2.11. The van der Waals surface area contributed by atoms with Crippen molar-refractivity contribution in [1.82, 2.24) is 9.78 Å². The number of nitrogens with zero attached hydrogens (tertiary/aromatic N) is 2. The average molecular weight is 328 g/mol. The normalized spacial score (nSPS) is 16.8. The summed E-state index contributed by atoms with van der Waals surface area (Å²) in [6.07, 6.45) is 1.22. The Hall–Kier alpha value is -2.67. The molecule has 2 heterocycles. The zero-order chi connectivity index (χ0) is 17.1. The van der Waals surface area contributed by atoms with Gasteiger partial charge in [-0.05, 0) is 38.0 Å². The zero-order valence-electron chi connectivity index (χ0n) is 13.7. The van der Waals surface area contributed by atoms with Gasteiger partial charge in [0.1, 0.15) is 11.9 Å². The molecule has 1 fully saturated rings. The second-order valence-electron chi connectivity index (χ2n) is 5.82. The van der Waals surface area contributed by atoms with Gasteiger partial charge in [-0.3, -0.25) is 14.3 Å². The molecule has 7 heteroatoms. The van der Waals surface area contributed by atoms with Gasteiger partial charge in [-0.1, -0.05) is 6.07 Å². The number of hydrogen-bond acceptors (Lipinski definition) is 4. The van der Waals surface area contributed by atoms with Crippen LogP contribution in [0.25, 0.3) is 0 Å². The van der Waals surface area contributed by atoms with E-state index in [-0.39, 0.29) is 11.8 Å². The summed E-state index contributed by atoms with van der Waals surface area (Å²) in [5, 5.41) is 9.79. The Morgan fingerprint density at radius 2 is 2.12 bits per heavy atom. The van der Waals surface area contributed by atoms with E-state index in [0.29, 0.717) is 23.7 Å². The fourth-order valence-electron chi connectivity index (χ4n) is 2.66. The van der Waals surface area contributed by atoms with Crippen LogP contribution < -0.4 is 10.6 Å². The first kappa shape index (κ1) is 16.2. The molecular weight excluding hydrogens is 308 g/mol. The minimum Gasteiger partial charge on any atom is -0.368 e. The molecule has 0 radical (unpaired) electrons. The minimum atomic E-state index is -0.403. The molecule has 3 rings (SSSR count). The lowest BCUT2D eigenvalue weighted by molar-refractivity contribution is -0.124. The summed E-state index contributed by atoms with van der Waals surface area (Å²) in [7, 11) is 1.76. The number of aryl methyl sites for hydroxylation is 2. The summed E-state index contributed by atoms with van der Waals surface area (Å²) in [5.74, 6) is 0.185. The van der Waals surface area contributed by atoms with Crippen LogP contribution in [0, 0.1) is 6.92 Å². The standard InChI is InChI=1S/C17H20N4O3/c1-11-9-15(21(2)20-11)19-16(22)12-5-3-6-13(10-12)18-17(23)14-7-4-8-24-14/h3,5-6,9-10,14H,4,7-8H2,1-2H3,(H,18,23)(H,19,22)/t14-/m0/s1. The van der Waals surface area contributed by atoms with Gasteiger partial charge in [0, 0.05) is 31.0 Å². The fraction of sp³-hybridized carbons (Fsp3) is 0.353. The van der Waals surface area contributed by atoms with Gasteiger partial charge < -0.3 is 15.4 Å². The first-order valence-electron chi connectivity index (χ1n) is 7.87. The van der Waals surface area contributed by atoms with Gasteiger partial charge in [-0.2, -0.15) is 5.10 Å². The maximum absolute atomic E-state index is 12.4. The van der Waals surface area contributed by atoms with E-state index in [1.807, 2.05) is 6.92 Å². The molecule has 126 valence electrons. The summed E-state index contributed by atoms with van der Waals surface area (Å²) in [4.78, 5) is 24.5. The van der Waals surface area contributed by atoms with Gasteiger partial charge in [0.05, 0.1) is 5.69 Å². The molecule has 1 atom stereocenters. The molecule has 7 nitrogen and oxygen atoms in total. The molecule has 24 heavy (non-hydrogen) atoms. The number of benzene rings is 1. The van der Waals surface area contributed by atoms with Crippen molar-refractivity contribution in [2.45, 2.75) is 25.9 Å². The lowest BCUT2D eigenvalue weighted by Crippen LogP contribution is -2.27. The maximum atomic E-state index is 12.4. The van der Waals surface area contributed by atoms with Crippen LogP contribution in [-0.4, -0.2) is 34.3 Å². The zero-order valence-corrected chi connectivity index (χ0v) is 13.7. The van der Waals surface area contributed by atoms with Crippen molar-refractivity contribution in [3.05, 3.63) is 41.6 Å². The van der Waals surface area contributed by atoms with E-state index < -0.39 is 6.10 Å². The Balaban J connectivity index is 1.69. The molecule has 1 aliphatic heterocycles. The van der Waals surface area contributed by atoms with E-state index in [1.165, 1.54) is 0 Å². The lowest BCUT2D eigenvalue weighted by atomic mass is 10.1. The number of ether oxygens (including phenoxy) is 1. The van der Waals surface area contributed by atoms with Gasteiger partial charge in [0.25, 0.3) is 11.8 Å². The van der Waals surface area contributed by atoms with Gasteiger partial charge in [-0.15, -0.1) is 0 Å². The average Bonchev–Trinajstić information content (AvgIpc) is 3.18. The molecule has 0 saturated carbocycles. The predicted molar refractivity (Wildman–Crippen MR) is 89.9 cm³/mol. The molecule has 0 aliphatic carbocycles. The molecule has 2 amide bonds. The highest BCUT2D eigenvalue weighted by molar-refractivity contribution is 6.05. The molecule has 0 unspecified atom stereocenters. The monoisotopic (exact) mass is 328 g/mol. The molecule has 1 saturated heterocycles. The Bertz CT molecular complexity index is 763. The van der Waals surface area contributed by atoms with Crippen LogP contribution in [0.15, 0.2) is 30.3 Å². The number of hydrogen-bond donors (Lipinski definition) is 2. The predicted octanol–water partition coefficient (Wildman–Crippen LogP) is 2.10. The van der Waals surface area contributed by atoms with Gasteiger partial charge in [0.2, 0.25) is 0 Å². The Kier molecular flexibility index (Phi) is 4.61. The largest absolute Gasteiger partial charge is 0.368 e. The van der Waals surface area contributed by atoms with Crippen LogP contribution in [0.5, 0.6) is 0 Å². The smallest absolute Gasteiger partial charge is 0.256 e. The van der Waals surface area contributed by atoms with Gasteiger partial charge in [-0.25, -0.2) is 0 Å². The summed E-state index contributed by atoms with van der Waals surface area (Å²) in [6.45, 7) is 2.47. The molecule has 2 aromatic rings. The van der Waals surface area contributed by atoms with Crippen molar-refractivity contribution in [3.63, 3.8) is 0 Å². The molecule has 1 aromatic carbocycles. The second kappa shape index (κ2) is 6.84. The third-order valence-corrected chi connectivity index (χ3v) is 3.86. The van der Waals surface area contributed by atoms with Gasteiger partial charge in [0.15, 0.2) is 0 Å². The highest BCUT2D eigenvalue weighted by Gasteiger charge is 2.23. The van der Waals surface area contributed by atoms with Crippen molar-refractivity contribution in [2.75, 3.05) is 17.2 Å². The number of nitrogens with one attached hydrogen (secondary N) is 2. The van der Waals surface area contributed by atoms with Gasteiger partial charge >= 0.3 is 0 Å². The van der Waals surface area contributed by atoms with Crippen LogP contribution in [0.1, 0.15) is 28.9 Å². The molecule has 1 aliphatic rings. The first-order chi connectivity index (χ1) is 11.5. The van der Waals surface area contributed by atoms with Crippen LogP contribution in [0.3, 0.4) is 0 Å². The third-order valence-electron chi connectivity index (χ3n) is 3.86. The van der Waals surface area contributed by atoms with Crippen LogP contribution >= 0.6 is 0 Å². The summed E-state index contributed by atoms with van der Waals surface area (Å²) >= 11 is 0. The van der Waals surface area contributed by atoms with E-state index in [1.54, 1.807) is 42.1 Å². The minimum absolute atomic E-state index is 0.174. The summed E-state index contributed by atoms with van der Waals surface area (Å²) < 4.78 is 6.97. The third kappa shape index (κ3) is 3.62. The SMILES string of the molecule is Cc1cc(NC(=O)c2cccc(NC(=O)[C@@H]3CCCO3)c2)n(C)n1. The highest BCUT2D eigenvalue weighted by Crippen LogP contribution is 2.17. The number of carbonyl (C=O) groups excluding carboxylic acids is 2. The first-order valence-corrected chi connectivity index (χ1v) is 7.87. The van der Waals surface area contributed by atoms with Crippen molar-refractivity contribution in [3.8, 4) is 0 Å². The van der Waals surface area contributed by atoms with Crippen molar-refractivity contribution >= 4 is 23.3 Å². The van der Waals surface area contributed by atoms with Crippen LogP contribution in [0.2, 0.25) is 0 Å².